The van der Waals surface area contributed by atoms with Crippen LogP contribution in [0.3, 0.4) is 0 Å². The van der Waals surface area contributed by atoms with Gasteiger partial charge in [-0.1, -0.05) is 109 Å². The topological polar surface area (TPSA) is 49.6 Å². The molecule has 0 amide bonds. The van der Waals surface area contributed by atoms with Gasteiger partial charge in [0.05, 0.1) is 11.5 Å². The van der Waals surface area contributed by atoms with Crippen molar-refractivity contribution in [2.24, 2.45) is 5.41 Å². The summed E-state index contributed by atoms with van der Waals surface area (Å²) in [7, 11) is 0. The Hall–Kier alpha value is -2.21. The van der Waals surface area contributed by atoms with Crippen molar-refractivity contribution < 1.29 is 0 Å². The van der Waals surface area contributed by atoms with E-state index in [-0.39, 0.29) is 5.41 Å². The average Bonchev–Trinajstić information content (AvgIpc) is 2.93. The van der Waals surface area contributed by atoms with Gasteiger partial charge in [-0.3, -0.25) is 0 Å². The molecule has 1 saturated carbocycles. The van der Waals surface area contributed by atoms with E-state index < -0.39 is 0 Å². The van der Waals surface area contributed by atoms with Crippen molar-refractivity contribution in [2.45, 2.75) is 135 Å². The maximum atomic E-state index is 9.86. The van der Waals surface area contributed by atoms with Crippen molar-refractivity contribution >= 4 is 0 Å². The number of nitrogens with zero attached hydrogens (tertiary/aromatic N) is 3. The second-order valence-electron chi connectivity index (χ2n) is 11.2. The summed E-state index contributed by atoms with van der Waals surface area (Å²) in [5.74, 6) is 1.35. The monoisotopic (exact) mass is 487 g/mol. The summed E-state index contributed by atoms with van der Waals surface area (Å²) in [5.41, 5.74) is 3.61. The first-order valence-corrected chi connectivity index (χ1v) is 15.0. The lowest BCUT2D eigenvalue weighted by molar-refractivity contribution is 0.219. The van der Waals surface area contributed by atoms with Crippen LogP contribution in [-0.4, -0.2) is 9.97 Å². The Kier molecular flexibility index (Phi) is 12.5. The van der Waals surface area contributed by atoms with Crippen LogP contribution in [0.15, 0.2) is 36.7 Å². The van der Waals surface area contributed by atoms with E-state index in [0.717, 1.165) is 43.5 Å². The first-order valence-electron chi connectivity index (χ1n) is 15.0. The third-order valence-electron chi connectivity index (χ3n) is 8.33. The number of hydrogen-bond donors (Lipinski definition) is 0. The van der Waals surface area contributed by atoms with Crippen molar-refractivity contribution in [3.63, 3.8) is 0 Å². The summed E-state index contributed by atoms with van der Waals surface area (Å²) < 4.78 is 0. The normalized spacial score (nSPS) is 19.8. The Labute approximate surface area is 221 Å². The molecule has 196 valence electrons. The minimum Gasteiger partial charge on any atom is -0.240 e. The van der Waals surface area contributed by atoms with Crippen LogP contribution in [-0.2, 0) is 6.42 Å². The maximum Gasteiger partial charge on any atom is 0.131 e. The van der Waals surface area contributed by atoms with Gasteiger partial charge >= 0.3 is 0 Å². The van der Waals surface area contributed by atoms with Gasteiger partial charge in [-0.05, 0) is 56.1 Å². The van der Waals surface area contributed by atoms with Gasteiger partial charge in [-0.25, -0.2) is 9.97 Å². The predicted octanol–water partition coefficient (Wildman–Crippen LogP) is 9.96. The molecule has 0 aliphatic heterocycles. The molecule has 0 saturated heterocycles. The molecule has 0 radical (unpaired) electrons. The van der Waals surface area contributed by atoms with E-state index in [0.29, 0.717) is 5.92 Å². The van der Waals surface area contributed by atoms with Gasteiger partial charge in [0.2, 0.25) is 0 Å². The highest BCUT2D eigenvalue weighted by atomic mass is 14.9. The number of aryl methyl sites for hydroxylation is 1. The zero-order valence-corrected chi connectivity index (χ0v) is 23.1. The first kappa shape index (κ1) is 28.4. The highest BCUT2D eigenvalue weighted by Gasteiger charge is 2.36. The lowest BCUT2D eigenvalue weighted by Crippen LogP contribution is -2.26. The SMILES string of the molecule is CCCCCCCCCCc1ccc(-c2cnc([C@H]3CC[C@@](C#N)(CCCCCC)CC3)nc2)cc1. The van der Waals surface area contributed by atoms with Crippen LogP contribution in [0.2, 0.25) is 0 Å². The van der Waals surface area contributed by atoms with Gasteiger partial charge in [0, 0.05) is 23.9 Å². The Bertz CT molecular complexity index is 886. The molecule has 1 aliphatic rings. The Morgan fingerprint density at radius 2 is 1.31 bits per heavy atom. The number of unbranched alkanes of at least 4 members (excludes halogenated alkanes) is 10. The molecule has 0 bridgehead atoms. The third kappa shape index (κ3) is 9.02. The molecule has 3 rings (SSSR count). The number of benzene rings is 1. The van der Waals surface area contributed by atoms with Crippen LogP contribution < -0.4 is 0 Å². The second-order valence-corrected chi connectivity index (χ2v) is 11.2. The molecule has 0 N–H and O–H groups in total. The minimum absolute atomic E-state index is 0.111. The van der Waals surface area contributed by atoms with Gasteiger partial charge in [-0.2, -0.15) is 5.26 Å². The minimum atomic E-state index is -0.111. The molecule has 3 nitrogen and oxygen atoms in total. The van der Waals surface area contributed by atoms with Gasteiger partial charge in [0.25, 0.3) is 0 Å². The average molecular weight is 488 g/mol. The van der Waals surface area contributed by atoms with Crippen molar-refractivity contribution in [3.05, 3.63) is 48.0 Å². The van der Waals surface area contributed by atoms with Gasteiger partial charge < -0.3 is 0 Å². The lowest BCUT2D eigenvalue weighted by atomic mass is 9.68. The molecule has 3 heteroatoms. The van der Waals surface area contributed by atoms with E-state index in [1.54, 1.807) is 0 Å². The van der Waals surface area contributed by atoms with E-state index in [4.69, 9.17) is 9.97 Å². The van der Waals surface area contributed by atoms with Gasteiger partial charge in [0.15, 0.2) is 0 Å². The quantitative estimate of drug-likeness (QED) is 0.221. The zero-order valence-electron chi connectivity index (χ0n) is 23.1. The molecule has 2 aromatic rings. The van der Waals surface area contributed by atoms with Crippen molar-refractivity contribution in [1.82, 2.24) is 9.97 Å². The predicted molar refractivity (Wildman–Crippen MR) is 152 cm³/mol. The van der Waals surface area contributed by atoms with Gasteiger partial charge in [-0.15, -0.1) is 0 Å². The van der Waals surface area contributed by atoms with Crippen LogP contribution in [0.5, 0.6) is 0 Å². The van der Waals surface area contributed by atoms with Crippen molar-refractivity contribution in [3.8, 4) is 17.2 Å². The molecular weight excluding hydrogens is 438 g/mol. The van der Waals surface area contributed by atoms with Crippen molar-refractivity contribution in [2.75, 3.05) is 0 Å². The Morgan fingerprint density at radius 3 is 1.89 bits per heavy atom. The van der Waals surface area contributed by atoms with E-state index in [1.165, 1.54) is 94.6 Å². The molecule has 0 unspecified atom stereocenters. The largest absolute Gasteiger partial charge is 0.240 e. The maximum absolute atomic E-state index is 9.86. The zero-order chi connectivity index (χ0) is 25.5. The van der Waals surface area contributed by atoms with Crippen LogP contribution in [0.4, 0.5) is 0 Å². The molecule has 1 heterocycles. The molecule has 0 spiro atoms. The molecule has 36 heavy (non-hydrogen) atoms. The summed E-state index contributed by atoms with van der Waals surface area (Å²) in [6.07, 6.45) is 26.2. The number of rotatable bonds is 16. The molecule has 1 aromatic heterocycles. The Morgan fingerprint density at radius 1 is 0.750 bits per heavy atom. The summed E-state index contributed by atoms with van der Waals surface area (Å²) in [6.45, 7) is 4.52. The van der Waals surface area contributed by atoms with E-state index >= 15 is 0 Å². The van der Waals surface area contributed by atoms with Gasteiger partial charge in [0.1, 0.15) is 5.82 Å². The van der Waals surface area contributed by atoms with E-state index in [2.05, 4.69) is 44.2 Å². The van der Waals surface area contributed by atoms with Crippen LogP contribution in [0.25, 0.3) is 11.1 Å². The summed E-state index contributed by atoms with van der Waals surface area (Å²) in [4.78, 5) is 9.53. The molecule has 0 atom stereocenters. The summed E-state index contributed by atoms with van der Waals surface area (Å²) in [5, 5.41) is 9.86. The van der Waals surface area contributed by atoms with Crippen LogP contribution in [0.1, 0.15) is 140 Å². The van der Waals surface area contributed by atoms with Crippen LogP contribution in [0, 0.1) is 16.7 Å². The summed E-state index contributed by atoms with van der Waals surface area (Å²) >= 11 is 0. The number of hydrogen-bond acceptors (Lipinski definition) is 3. The van der Waals surface area contributed by atoms with Crippen LogP contribution >= 0.6 is 0 Å². The van der Waals surface area contributed by atoms with Crippen molar-refractivity contribution in [1.29, 1.82) is 5.26 Å². The first-order chi connectivity index (χ1) is 17.7. The fourth-order valence-corrected chi connectivity index (χ4v) is 5.76. The highest BCUT2D eigenvalue weighted by molar-refractivity contribution is 5.61. The highest BCUT2D eigenvalue weighted by Crippen LogP contribution is 2.45. The molecule has 1 aliphatic carbocycles. The smallest absolute Gasteiger partial charge is 0.131 e. The Balaban J connectivity index is 1.42. The standard InChI is InChI=1S/C33H49N3/c1-3-5-7-9-10-11-12-13-15-28-16-18-29(19-17-28)31-25-35-32(36-26-31)30-20-23-33(27-34,24-21-30)22-14-8-6-4-2/h16-19,25-26,30H,3-15,20-24H2,1-2H3/t30-,33-. The summed E-state index contributed by atoms with van der Waals surface area (Å²) in [6, 6.07) is 11.7. The number of aromatic nitrogens is 2. The van der Waals surface area contributed by atoms with E-state index in [9.17, 15) is 5.26 Å². The molecule has 1 fully saturated rings. The lowest BCUT2D eigenvalue weighted by Gasteiger charge is -2.34. The second kappa shape index (κ2) is 15.8. The number of nitriles is 1. The fourth-order valence-electron chi connectivity index (χ4n) is 5.76. The third-order valence-corrected chi connectivity index (χ3v) is 8.33. The van der Waals surface area contributed by atoms with E-state index in [1.807, 2.05) is 12.4 Å². The molecular formula is C33H49N3. The molecule has 1 aromatic carbocycles. The fraction of sp³-hybridized carbons (Fsp3) is 0.667.